The fourth-order valence-electron chi connectivity index (χ4n) is 2.49. The first-order valence-electron chi connectivity index (χ1n) is 6.62. The molecule has 0 aromatic heterocycles. The predicted octanol–water partition coefficient (Wildman–Crippen LogP) is 4.78. The van der Waals surface area contributed by atoms with E-state index in [1.165, 1.54) is 19.1 Å². The molecule has 3 rings (SSSR count). The Hall–Kier alpha value is -1.81. The molecule has 1 N–H and O–H groups in total. The SMILES string of the molecule is Cc1cc(F)c(C2CNc3cc(Cl)cc(C)c3O2)cc1F. The minimum atomic E-state index is -0.576. The minimum Gasteiger partial charge on any atom is -0.481 e. The van der Waals surface area contributed by atoms with Crippen LogP contribution < -0.4 is 10.1 Å². The fourth-order valence-corrected chi connectivity index (χ4v) is 2.76. The third-order valence-electron chi connectivity index (χ3n) is 3.60. The second-order valence-electron chi connectivity index (χ2n) is 5.21. The van der Waals surface area contributed by atoms with Crippen molar-refractivity contribution in [3.63, 3.8) is 0 Å². The molecule has 2 aromatic rings. The molecule has 0 amide bonds. The summed E-state index contributed by atoms with van der Waals surface area (Å²) < 4.78 is 33.6. The summed E-state index contributed by atoms with van der Waals surface area (Å²) in [6.45, 7) is 3.75. The standard InChI is InChI=1S/C16H14ClF2NO/c1-8-4-13(19)11(6-12(8)18)15-7-20-14-5-10(17)3-9(2)16(14)21-15/h3-6,15,20H,7H2,1-2H3. The maximum atomic E-state index is 14.1. The second-order valence-corrected chi connectivity index (χ2v) is 5.65. The topological polar surface area (TPSA) is 21.3 Å². The molecule has 1 heterocycles. The van der Waals surface area contributed by atoms with Crippen LogP contribution in [0.3, 0.4) is 0 Å². The van der Waals surface area contributed by atoms with Crippen LogP contribution in [0.25, 0.3) is 0 Å². The van der Waals surface area contributed by atoms with Crippen LogP contribution in [0, 0.1) is 25.5 Å². The predicted molar refractivity (Wildman–Crippen MR) is 79.1 cm³/mol. The number of halogens is 3. The van der Waals surface area contributed by atoms with Crippen LogP contribution in [0.4, 0.5) is 14.5 Å². The number of benzene rings is 2. The zero-order valence-corrected chi connectivity index (χ0v) is 12.4. The molecule has 2 aromatic carbocycles. The molecule has 110 valence electrons. The highest BCUT2D eigenvalue weighted by atomic mass is 35.5. The van der Waals surface area contributed by atoms with Gasteiger partial charge in [-0.15, -0.1) is 0 Å². The zero-order valence-electron chi connectivity index (χ0n) is 11.6. The zero-order chi connectivity index (χ0) is 15.1. The Morgan fingerprint density at radius 1 is 1.10 bits per heavy atom. The highest BCUT2D eigenvalue weighted by molar-refractivity contribution is 6.31. The monoisotopic (exact) mass is 309 g/mol. The van der Waals surface area contributed by atoms with Crippen molar-refractivity contribution in [3.8, 4) is 5.75 Å². The summed E-state index contributed by atoms with van der Waals surface area (Å²) in [5.74, 6) is -0.277. The normalized spacial score (nSPS) is 16.9. The summed E-state index contributed by atoms with van der Waals surface area (Å²) in [7, 11) is 0. The van der Waals surface area contributed by atoms with Crippen LogP contribution in [0.15, 0.2) is 24.3 Å². The lowest BCUT2D eigenvalue weighted by Crippen LogP contribution is -2.25. The number of rotatable bonds is 1. The van der Waals surface area contributed by atoms with Crippen molar-refractivity contribution in [2.24, 2.45) is 0 Å². The van der Waals surface area contributed by atoms with E-state index in [0.717, 1.165) is 11.3 Å². The average Bonchev–Trinajstić information content (AvgIpc) is 2.42. The third-order valence-corrected chi connectivity index (χ3v) is 3.82. The molecule has 1 unspecified atom stereocenters. The molecule has 0 saturated carbocycles. The van der Waals surface area contributed by atoms with E-state index < -0.39 is 17.7 Å². The van der Waals surface area contributed by atoms with Crippen LogP contribution in [-0.2, 0) is 0 Å². The number of fused-ring (bicyclic) bond motifs is 1. The number of hydrogen-bond acceptors (Lipinski definition) is 2. The van der Waals surface area contributed by atoms with E-state index in [1.54, 1.807) is 12.1 Å². The number of ether oxygens (including phenoxy) is 1. The van der Waals surface area contributed by atoms with Gasteiger partial charge in [0, 0.05) is 10.6 Å². The van der Waals surface area contributed by atoms with E-state index in [-0.39, 0.29) is 11.1 Å². The molecule has 1 aliphatic rings. The van der Waals surface area contributed by atoms with Gasteiger partial charge in [0.05, 0.1) is 12.2 Å². The van der Waals surface area contributed by atoms with Gasteiger partial charge < -0.3 is 10.1 Å². The average molecular weight is 310 g/mol. The van der Waals surface area contributed by atoms with Crippen molar-refractivity contribution in [1.29, 1.82) is 0 Å². The lowest BCUT2D eigenvalue weighted by atomic mass is 10.0. The molecule has 5 heteroatoms. The van der Waals surface area contributed by atoms with Crippen molar-refractivity contribution in [3.05, 3.63) is 57.6 Å². The molecule has 2 nitrogen and oxygen atoms in total. The molecular formula is C16H14ClF2NO. The minimum absolute atomic E-state index is 0.214. The Morgan fingerprint density at radius 2 is 1.86 bits per heavy atom. The molecule has 1 aliphatic heterocycles. The first-order valence-corrected chi connectivity index (χ1v) is 6.99. The van der Waals surface area contributed by atoms with Crippen LogP contribution in [-0.4, -0.2) is 6.54 Å². The fraction of sp³-hybridized carbons (Fsp3) is 0.250. The molecule has 21 heavy (non-hydrogen) atoms. The van der Waals surface area contributed by atoms with Gasteiger partial charge >= 0.3 is 0 Å². The van der Waals surface area contributed by atoms with Crippen molar-refractivity contribution in [2.75, 3.05) is 11.9 Å². The molecule has 0 aliphatic carbocycles. The maximum absolute atomic E-state index is 14.1. The van der Waals surface area contributed by atoms with Gasteiger partial charge in [-0.3, -0.25) is 0 Å². The first-order chi connectivity index (χ1) is 9.95. The van der Waals surface area contributed by atoms with E-state index in [9.17, 15) is 8.78 Å². The summed E-state index contributed by atoms with van der Waals surface area (Å²) in [6.07, 6.45) is -0.576. The van der Waals surface area contributed by atoms with Gasteiger partial charge in [0.25, 0.3) is 0 Å². The van der Waals surface area contributed by atoms with Crippen molar-refractivity contribution in [1.82, 2.24) is 0 Å². The van der Waals surface area contributed by atoms with E-state index in [1.807, 2.05) is 6.92 Å². The molecule has 0 spiro atoms. The first kappa shape index (κ1) is 14.1. The largest absolute Gasteiger partial charge is 0.481 e. The molecule has 0 bridgehead atoms. The summed E-state index contributed by atoms with van der Waals surface area (Å²) in [5.41, 5.74) is 2.11. The van der Waals surface area contributed by atoms with Crippen LogP contribution in [0.5, 0.6) is 5.75 Å². The van der Waals surface area contributed by atoms with Gasteiger partial charge in [0.1, 0.15) is 23.5 Å². The van der Waals surface area contributed by atoms with Gasteiger partial charge in [-0.1, -0.05) is 11.6 Å². The molecule has 1 atom stereocenters. The Balaban J connectivity index is 1.98. The summed E-state index contributed by atoms with van der Waals surface area (Å²) in [5, 5.41) is 3.76. The summed E-state index contributed by atoms with van der Waals surface area (Å²) >= 11 is 5.99. The second kappa shape index (κ2) is 5.19. The number of hydrogen-bond donors (Lipinski definition) is 1. The van der Waals surface area contributed by atoms with Crippen LogP contribution in [0.2, 0.25) is 5.02 Å². The third kappa shape index (κ3) is 2.56. The van der Waals surface area contributed by atoms with Gasteiger partial charge in [0.2, 0.25) is 0 Å². The van der Waals surface area contributed by atoms with E-state index in [0.29, 0.717) is 17.3 Å². The quantitative estimate of drug-likeness (QED) is 0.818. The molecule has 0 radical (unpaired) electrons. The molecule has 0 fully saturated rings. The lowest BCUT2D eigenvalue weighted by molar-refractivity contribution is 0.203. The van der Waals surface area contributed by atoms with Gasteiger partial charge in [-0.2, -0.15) is 0 Å². The number of aryl methyl sites for hydroxylation is 2. The Kier molecular flexibility index (Phi) is 3.49. The van der Waals surface area contributed by atoms with Crippen LogP contribution in [0.1, 0.15) is 22.8 Å². The van der Waals surface area contributed by atoms with Gasteiger partial charge in [-0.05, 0) is 49.2 Å². The Bertz CT molecular complexity index is 718. The maximum Gasteiger partial charge on any atom is 0.146 e. The number of anilines is 1. The van der Waals surface area contributed by atoms with Crippen molar-refractivity contribution < 1.29 is 13.5 Å². The van der Waals surface area contributed by atoms with Gasteiger partial charge in [0.15, 0.2) is 0 Å². The summed E-state index contributed by atoms with van der Waals surface area (Å²) in [4.78, 5) is 0. The van der Waals surface area contributed by atoms with Gasteiger partial charge in [-0.25, -0.2) is 8.78 Å². The van der Waals surface area contributed by atoms with Crippen LogP contribution >= 0.6 is 11.6 Å². The van der Waals surface area contributed by atoms with Crippen molar-refractivity contribution >= 4 is 17.3 Å². The van der Waals surface area contributed by atoms with E-state index >= 15 is 0 Å². The summed E-state index contributed by atoms with van der Waals surface area (Å²) in [6, 6.07) is 5.92. The molecular weight excluding hydrogens is 296 g/mol. The molecule has 0 saturated heterocycles. The highest BCUT2D eigenvalue weighted by Gasteiger charge is 2.26. The van der Waals surface area contributed by atoms with E-state index in [4.69, 9.17) is 16.3 Å². The number of nitrogens with one attached hydrogen (secondary N) is 1. The lowest BCUT2D eigenvalue weighted by Gasteiger charge is -2.29. The smallest absolute Gasteiger partial charge is 0.146 e. The Morgan fingerprint density at radius 3 is 2.62 bits per heavy atom. The Labute approximate surface area is 126 Å². The highest BCUT2D eigenvalue weighted by Crippen LogP contribution is 2.39. The van der Waals surface area contributed by atoms with Crippen molar-refractivity contribution in [2.45, 2.75) is 20.0 Å². The van der Waals surface area contributed by atoms with E-state index in [2.05, 4.69) is 5.32 Å².